The van der Waals surface area contributed by atoms with Crippen LogP contribution >= 0.6 is 0 Å². The van der Waals surface area contributed by atoms with Gasteiger partial charge < -0.3 is 9.64 Å². The van der Waals surface area contributed by atoms with Gasteiger partial charge in [0.1, 0.15) is 5.75 Å². The van der Waals surface area contributed by atoms with Gasteiger partial charge in [-0.3, -0.25) is 4.79 Å². The van der Waals surface area contributed by atoms with Crippen molar-refractivity contribution in [3.63, 3.8) is 0 Å². The van der Waals surface area contributed by atoms with Gasteiger partial charge in [0.05, 0.1) is 13.2 Å². The van der Waals surface area contributed by atoms with Crippen molar-refractivity contribution in [2.45, 2.75) is 19.4 Å². The molecule has 2 aromatic rings. The van der Waals surface area contributed by atoms with Crippen LogP contribution < -0.4 is 9.64 Å². The van der Waals surface area contributed by atoms with Crippen LogP contribution in [0.2, 0.25) is 0 Å². The maximum absolute atomic E-state index is 12.1. The molecule has 1 heterocycles. The van der Waals surface area contributed by atoms with E-state index in [0.717, 1.165) is 23.4 Å². The Morgan fingerprint density at radius 1 is 1.15 bits per heavy atom. The molecule has 20 heavy (non-hydrogen) atoms. The molecule has 2 aromatic carbocycles. The third-order valence-electron chi connectivity index (χ3n) is 3.81. The number of para-hydroxylation sites is 2. The summed E-state index contributed by atoms with van der Waals surface area (Å²) in [7, 11) is 1.67. The van der Waals surface area contributed by atoms with Gasteiger partial charge in [-0.05, 0) is 24.1 Å². The molecule has 1 aliphatic rings. The molecule has 1 atom stereocenters. The molecule has 0 bridgehead atoms. The Hall–Kier alpha value is -2.29. The number of carbonyl (C=O) groups excluding carboxylic acids is 1. The maximum Gasteiger partial charge on any atom is 0.224 e. The Morgan fingerprint density at radius 3 is 2.60 bits per heavy atom. The quantitative estimate of drug-likeness (QED) is 0.835. The summed E-state index contributed by atoms with van der Waals surface area (Å²) >= 11 is 0. The Labute approximate surface area is 118 Å². The number of hydrogen-bond acceptors (Lipinski definition) is 2. The Bertz CT molecular complexity index is 651. The van der Waals surface area contributed by atoms with Crippen LogP contribution in [0.15, 0.2) is 48.5 Å². The fraction of sp³-hybridized carbons (Fsp3) is 0.235. The van der Waals surface area contributed by atoms with Crippen LogP contribution in [-0.4, -0.2) is 13.0 Å². The predicted octanol–water partition coefficient (Wildman–Crippen LogP) is 3.35. The molecule has 102 valence electrons. The third-order valence-corrected chi connectivity index (χ3v) is 3.81. The van der Waals surface area contributed by atoms with Crippen molar-refractivity contribution < 1.29 is 9.53 Å². The fourth-order valence-corrected chi connectivity index (χ4v) is 2.97. The van der Waals surface area contributed by atoms with E-state index < -0.39 is 0 Å². The van der Waals surface area contributed by atoms with Gasteiger partial charge in [-0.2, -0.15) is 0 Å². The van der Waals surface area contributed by atoms with Crippen LogP contribution in [0.5, 0.6) is 5.75 Å². The first-order valence-corrected chi connectivity index (χ1v) is 6.73. The summed E-state index contributed by atoms with van der Waals surface area (Å²) < 4.78 is 5.45. The molecule has 0 radical (unpaired) electrons. The highest BCUT2D eigenvalue weighted by atomic mass is 16.5. The first-order chi connectivity index (χ1) is 9.72. The molecule has 0 saturated heterocycles. The van der Waals surface area contributed by atoms with E-state index >= 15 is 0 Å². The number of amides is 1. The number of benzene rings is 2. The van der Waals surface area contributed by atoms with Gasteiger partial charge in [0.15, 0.2) is 0 Å². The molecule has 0 spiro atoms. The largest absolute Gasteiger partial charge is 0.496 e. The number of methoxy groups -OCH3 is 1. The van der Waals surface area contributed by atoms with Crippen LogP contribution in [0.4, 0.5) is 5.69 Å². The zero-order valence-electron chi connectivity index (χ0n) is 11.7. The van der Waals surface area contributed by atoms with Gasteiger partial charge in [0, 0.05) is 18.2 Å². The molecule has 0 fully saturated rings. The standard InChI is InChI=1S/C17H17NO2/c1-12(19)18-15-9-5-3-7-13(15)11-16(18)14-8-4-6-10-17(14)20-2/h3-10,16H,11H2,1-2H3. The van der Waals surface area contributed by atoms with E-state index in [0.29, 0.717) is 0 Å². The molecule has 1 aliphatic heterocycles. The lowest BCUT2D eigenvalue weighted by Gasteiger charge is -2.25. The highest BCUT2D eigenvalue weighted by Crippen LogP contribution is 2.42. The second kappa shape index (κ2) is 5.00. The minimum atomic E-state index is 0.0149. The third kappa shape index (κ3) is 1.95. The smallest absolute Gasteiger partial charge is 0.224 e. The molecule has 3 rings (SSSR count). The first-order valence-electron chi connectivity index (χ1n) is 6.73. The number of hydrogen-bond donors (Lipinski definition) is 0. The summed E-state index contributed by atoms with van der Waals surface area (Å²) in [6.07, 6.45) is 0.829. The minimum Gasteiger partial charge on any atom is -0.496 e. The average Bonchev–Trinajstić information content (AvgIpc) is 2.86. The van der Waals surface area contributed by atoms with Gasteiger partial charge in [-0.15, -0.1) is 0 Å². The maximum atomic E-state index is 12.1. The van der Waals surface area contributed by atoms with E-state index in [1.807, 2.05) is 47.4 Å². The molecular formula is C17H17NO2. The molecule has 3 heteroatoms. The monoisotopic (exact) mass is 267 g/mol. The summed E-state index contributed by atoms with van der Waals surface area (Å²) in [5.41, 5.74) is 3.27. The Morgan fingerprint density at radius 2 is 1.85 bits per heavy atom. The van der Waals surface area contributed by atoms with Crippen LogP contribution in [0.25, 0.3) is 0 Å². The number of anilines is 1. The zero-order valence-corrected chi connectivity index (χ0v) is 11.7. The normalized spacial score (nSPS) is 16.9. The summed E-state index contributed by atoms with van der Waals surface area (Å²) in [5, 5.41) is 0. The average molecular weight is 267 g/mol. The highest BCUT2D eigenvalue weighted by Gasteiger charge is 2.34. The van der Waals surface area contributed by atoms with E-state index in [9.17, 15) is 4.79 Å². The van der Waals surface area contributed by atoms with Crippen LogP contribution in [0.3, 0.4) is 0 Å². The van der Waals surface area contributed by atoms with E-state index in [-0.39, 0.29) is 11.9 Å². The van der Waals surface area contributed by atoms with Crippen molar-refractivity contribution in [2.24, 2.45) is 0 Å². The van der Waals surface area contributed by atoms with Crippen LogP contribution in [0.1, 0.15) is 24.1 Å². The molecule has 0 saturated carbocycles. The number of carbonyl (C=O) groups is 1. The van der Waals surface area contributed by atoms with Crippen LogP contribution in [-0.2, 0) is 11.2 Å². The number of ether oxygens (including phenoxy) is 1. The fourth-order valence-electron chi connectivity index (χ4n) is 2.97. The van der Waals surface area contributed by atoms with Gasteiger partial charge in [0.25, 0.3) is 0 Å². The van der Waals surface area contributed by atoms with Gasteiger partial charge in [-0.25, -0.2) is 0 Å². The minimum absolute atomic E-state index is 0.0149. The second-order valence-corrected chi connectivity index (χ2v) is 4.98. The van der Waals surface area contributed by atoms with E-state index in [4.69, 9.17) is 4.74 Å². The molecule has 0 N–H and O–H groups in total. The lowest BCUT2D eigenvalue weighted by atomic mass is 10.0. The Balaban J connectivity index is 2.09. The molecule has 1 unspecified atom stereocenters. The van der Waals surface area contributed by atoms with Gasteiger partial charge in [0.2, 0.25) is 5.91 Å². The van der Waals surface area contributed by atoms with E-state index in [2.05, 4.69) is 6.07 Å². The second-order valence-electron chi connectivity index (χ2n) is 4.98. The molecule has 1 amide bonds. The van der Waals surface area contributed by atoms with Crippen molar-refractivity contribution in [3.8, 4) is 5.75 Å². The lowest BCUT2D eigenvalue weighted by molar-refractivity contribution is -0.116. The SMILES string of the molecule is COc1ccccc1C1Cc2ccccc2N1C(C)=O. The summed E-state index contributed by atoms with van der Waals surface area (Å²) in [5.74, 6) is 0.891. The van der Waals surface area contributed by atoms with Crippen molar-refractivity contribution in [3.05, 3.63) is 59.7 Å². The number of fused-ring (bicyclic) bond motifs is 1. The van der Waals surface area contributed by atoms with Gasteiger partial charge in [-0.1, -0.05) is 36.4 Å². The lowest BCUT2D eigenvalue weighted by Crippen LogP contribution is -2.30. The Kier molecular flexibility index (Phi) is 3.18. The zero-order chi connectivity index (χ0) is 14.1. The van der Waals surface area contributed by atoms with E-state index in [1.165, 1.54) is 5.56 Å². The first kappa shape index (κ1) is 12.7. The van der Waals surface area contributed by atoms with Crippen molar-refractivity contribution in [1.82, 2.24) is 0 Å². The summed E-state index contributed by atoms with van der Waals surface area (Å²) in [6, 6.07) is 16.0. The number of nitrogens with zero attached hydrogens (tertiary/aromatic N) is 1. The molecule has 0 aromatic heterocycles. The van der Waals surface area contributed by atoms with Crippen molar-refractivity contribution >= 4 is 11.6 Å². The molecule has 3 nitrogen and oxygen atoms in total. The predicted molar refractivity (Wildman–Crippen MR) is 79.0 cm³/mol. The topological polar surface area (TPSA) is 29.5 Å². The highest BCUT2D eigenvalue weighted by molar-refractivity contribution is 5.95. The molecular weight excluding hydrogens is 250 g/mol. The van der Waals surface area contributed by atoms with Crippen molar-refractivity contribution in [1.29, 1.82) is 0 Å². The van der Waals surface area contributed by atoms with Gasteiger partial charge >= 0.3 is 0 Å². The summed E-state index contributed by atoms with van der Waals surface area (Å²) in [4.78, 5) is 13.9. The summed E-state index contributed by atoms with van der Waals surface area (Å²) in [6.45, 7) is 1.62. The van der Waals surface area contributed by atoms with Crippen LogP contribution in [0, 0.1) is 0 Å². The van der Waals surface area contributed by atoms with Crippen molar-refractivity contribution in [2.75, 3.05) is 12.0 Å². The number of rotatable bonds is 2. The van der Waals surface area contributed by atoms with E-state index in [1.54, 1.807) is 14.0 Å². The molecule has 0 aliphatic carbocycles.